The highest BCUT2D eigenvalue weighted by atomic mass is 16.5. The zero-order chi connectivity index (χ0) is 20.4. The molecule has 2 fully saturated rings. The molecule has 0 radical (unpaired) electrons. The van der Waals surface area contributed by atoms with Gasteiger partial charge in [-0.2, -0.15) is 0 Å². The van der Waals surface area contributed by atoms with Gasteiger partial charge in [0, 0.05) is 45.8 Å². The fourth-order valence-corrected chi connectivity index (χ4v) is 3.49. The van der Waals surface area contributed by atoms with Gasteiger partial charge >= 0.3 is 0 Å². The molecule has 4 heteroatoms. The van der Waals surface area contributed by atoms with Crippen LogP contribution in [0.5, 0.6) is 0 Å². The minimum absolute atomic E-state index is 0.309. The number of ether oxygens (including phenoxy) is 1. The van der Waals surface area contributed by atoms with Crippen LogP contribution in [0.15, 0.2) is 0 Å². The second-order valence-electron chi connectivity index (χ2n) is 6.29. The molecular weight excluding hydrogens is 324 g/mol. The highest BCUT2D eigenvalue weighted by molar-refractivity contribution is 5.79. The van der Waals surface area contributed by atoms with Crippen molar-refractivity contribution in [2.24, 2.45) is 11.8 Å². The lowest BCUT2D eigenvalue weighted by Crippen LogP contribution is -2.51. The molecule has 1 amide bonds. The van der Waals surface area contributed by atoms with E-state index < -0.39 is 0 Å². The second kappa shape index (κ2) is 19.2. The molecule has 1 aliphatic heterocycles. The number of carbonyl (C=O) groups is 1. The second-order valence-corrected chi connectivity index (χ2v) is 6.29. The number of hydrogen-bond acceptors (Lipinski definition) is 3. The Morgan fingerprint density at radius 3 is 1.81 bits per heavy atom. The largest absolute Gasteiger partial charge is 0.383 e. The third-order valence-electron chi connectivity index (χ3n) is 5.07. The number of hydrogen-bond donors (Lipinski definition) is 0. The van der Waals surface area contributed by atoms with E-state index in [0.717, 1.165) is 58.1 Å². The van der Waals surface area contributed by atoms with Gasteiger partial charge in [-0.05, 0) is 31.6 Å². The van der Waals surface area contributed by atoms with Crippen molar-refractivity contribution in [1.29, 1.82) is 0 Å². The number of methoxy groups -OCH3 is 1. The van der Waals surface area contributed by atoms with Crippen LogP contribution in [0.4, 0.5) is 0 Å². The summed E-state index contributed by atoms with van der Waals surface area (Å²) in [7, 11) is 1.74. The van der Waals surface area contributed by atoms with Gasteiger partial charge in [0.15, 0.2) is 0 Å². The highest BCUT2D eigenvalue weighted by Gasteiger charge is 2.30. The first-order valence-electron chi connectivity index (χ1n) is 11.2. The summed E-state index contributed by atoms with van der Waals surface area (Å²) in [4.78, 5) is 17.0. The molecular formula is C22H48N2O2. The van der Waals surface area contributed by atoms with Crippen molar-refractivity contribution >= 4 is 5.91 Å². The van der Waals surface area contributed by atoms with Crippen LogP contribution in [0.25, 0.3) is 0 Å². The number of nitrogens with zero attached hydrogens (tertiary/aromatic N) is 2. The molecule has 0 aromatic rings. The zero-order valence-corrected chi connectivity index (χ0v) is 19.1. The number of rotatable bonds is 5. The Labute approximate surface area is 164 Å². The van der Waals surface area contributed by atoms with Gasteiger partial charge in [-0.3, -0.25) is 9.69 Å². The first kappa shape index (κ1) is 27.6. The maximum absolute atomic E-state index is 12.6. The maximum Gasteiger partial charge on any atom is 0.225 e. The predicted molar refractivity (Wildman–Crippen MR) is 115 cm³/mol. The van der Waals surface area contributed by atoms with Gasteiger partial charge in [-0.1, -0.05) is 54.9 Å². The zero-order valence-electron chi connectivity index (χ0n) is 19.1. The van der Waals surface area contributed by atoms with E-state index in [-0.39, 0.29) is 0 Å². The third kappa shape index (κ3) is 10.5. The quantitative estimate of drug-likeness (QED) is 0.675. The normalized spacial score (nSPS) is 22.7. The highest BCUT2D eigenvalue weighted by Crippen LogP contribution is 2.31. The van der Waals surface area contributed by atoms with Gasteiger partial charge in [0.1, 0.15) is 0 Å². The summed E-state index contributed by atoms with van der Waals surface area (Å²) in [6.07, 6.45) is 6.00. The Morgan fingerprint density at radius 2 is 1.38 bits per heavy atom. The van der Waals surface area contributed by atoms with Crippen LogP contribution >= 0.6 is 0 Å². The number of carbonyl (C=O) groups excluding carboxylic acids is 1. The Kier molecular flexibility index (Phi) is 20.3. The Bertz CT molecular complexity index is 295. The summed E-state index contributed by atoms with van der Waals surface area (Å²) in [6, 6.07) is 0. The summed E-state index contributed by atoms with van der Waals surface area (Å²) in [5.41, 5.74) is 0. The van der Waals surface area contributed by atoms with Crippen molar-refractivity contribution in [3.63, 3.8) is 0 Å². The van der Waals surface area contributed by atoms with Crippen LogP contribution in [0.1, 0.15) is 80.6 Å². The van der Waals surface area contributed by atoms with Gasteiger partial charge < -0.3 is 9.64 Å². The van der Waals surface area contributed by atoms with Crippen LogP contribution in [-0.2, 0) is 9.53 Å². The molecule has 1 aliphatic carbocycles. The van der Waals surface area contributed by atoms with E-state index >= 15 is 0 Å². The third-order valence-corrected chi connectivity index (χ3v) is 5.07. The van der Waals surface area contributed by atoms with E-state index in [1.54, 1.807) is 7.11 Å². The molecule has 0 aromatic carbocycles. The molecule has 0 spiro atoms. The summed E-state index contributed by atoms with van der Waals surface area (Å²) < 4.78 is 5.11. The Balaban J connectivity index is 0. The fourth-order valence-electron chi connectivity index (χ4n) is 3.49. The van der Waals surface area contributed by atoms with Crippen LogP contribution in [0.3, 0.4) is 0 Å². The van der Waals surface area contributed by atoms with Crippen molar-refractivity contribution < 1.29 is 9.53 Å². The van der Waals surface area contributed by atoms with Crippen LogP contribution in [0, 0.1) is 11.8 Å². The first-order valence-corrected chi connectivity index (χ1v) is 11.2. The summed E-state index contributed by atoms with van der Waals surface area (Å²) in [5, 5.41) is 0. The standard InChI is InChI=1S/C16H30N2O2.3C2H6/c1-3-14-4-6-15(7-5-14)16(19)18-10-8-17(9-11-18)12-13-20-2;3*1-2/h14-15H,3-13H2,1-2H3;3*1-2H3. The van der Waals surface area contributed by atoms with Crippen LogP contribution < -0.4 is 0 Å². The van der Waals surface area contributed by atoms with E-state index in [9.17, 15) is 4.79 Å². The molecule has 1 heterocycles. The Hall–Kier alpha value is -0.610. The van der Waals surface area contributed by atoms with E-state index in [4.69, 9.17) is 4.74 Å². The van der Waals surface area contributed by atoms with Gasteiger partial charge in [-0.15, -0.1) is 0 Å². The molecule has 0 aromatic heterocycles. The smallest absolute Gasteiger partial charge is 0.225 e. The average molecular weight is 373 g/mol. The van der Waals surface area contributed by atoms with E-state index in [2.05, 4.69) is 16.7 Å². The number of amides is 1. The first-order chi connectivity index (χ1) is 12.7. The van der Waals surface area contributed by atoms with E-state index in [1.165, 1.54) is 19.3 Å². The average Bonchev–Trinajstić information content (AvgIpc) is 2.76. The lowest BCUT2D eigenvalue weighted by Gasteiger charge is -2.37. The lowest BCUT2D eigenvalue weighted by molar-refractivity contribution is -0.138. The molecule has 26 heavy (non-hydrogen) atoms. The molecule has 0 atom stereocenters. The van der Waals surface area contributed by atoms with E-state index in [1.807, 2.05) is 41.5 Å². The van der Waals surface area contributed by atoms with Crippen LogP contribution in [0.2, 0.25) is 0 Å². The molecule has 2 aliphatic rings. The lowest BCUT2D eigenvalue weighted by atomic mass is 9.80. The van der Waals surface area contributed by atoms with Crippen molar-refractivity contribution in [3.05, 3.63) is 0 Å². The van der Waals surface area contributed by atoms with Gasteiger partial charge in [0.05, 0.1) is 6.61 Å². The summed E-state index contributed by atoms with van der Waals surface area (Å²) in [6.45, 7) is 19.8. The SMILES string of the molecule is CC.CC.CC.CCC1CCC(C(=O)N2CCN(CCOC)CC2)CC1. The van der Waals surface area contributed by atoms with Gasteiger partial charge in [0.25, 0.3) is 0 Å². The molecule has 158 valence electrons. The van der Waals surface area contributed by atoms with Crippen molar-refractivity contribution in [2.45, 2.75) is 80.6 Å². The summed E-state index contributed by atoms with van der Waals surface area (Å²) in [5.74, 6) is 1.60. The molecule has 1 saturated carbocycles. The van der Waals surface area contributed by atoms with Crippen LogP contribution in [-0.4, -0.2) is 62.1 Å². The number of piperazine rings is 1. The predicted octanol–water partition coefficient (Wildman–Crippen LogP) is 5.07. The monoisotopic (exact) mass is 372 g/mol. The molecule has 2 rings (SSSR count). The topological polar surface area (TPSA) is 32.8 Å². The minimum Gasteiger partial charge on any atom is -0.383 e. The molecule has 0 bridgehead atoms. The van der Waals surface area contributed by atoms with Gasteiger partial charge in [-0.25, -0.2) is 0 Å². The minimum atomic E-state index is 0.309. The molecule has 0 unspecified atom stereocenters. The molecule has 4 nitrogen and oxygen atoms in total. The van der Waals surface area contributed by atoms with Gasteiger partial charge in [0.2, 0.25) is 5.91 Å². The summed E-state index contributed by atoms with van der Waals surface area (Å²) >= 11 is 0. The van der Waals surface area contributed by atoms with E-state index in [0.29, 0.717) is 11.8 Å². The maximum atomic E-state index is 12.6. The van der Waals surface area contributed by atoms with Crippen molar-refractivity contribution in [1.82, 2.24) is 9.80 Å². The molecule has 0 N–H and O–H groups in total. The Morgan fingerprint density at radius 1 is 0.885 bits per heavy atom. The van der Waals surface area contributed by atoms with Crippen molar-refractivity contribution in [2.75, 3.05) is 46.4 Å². The van der Waals surface area contributed by atoms with Crippen molar-refractivity contribution in [3.8, 4) is 0 Å². The fraction of sp³-hybridized carbons (Fsp3) is 0.955. The molecule has 1 saturated heterocycles.